The minimum Gasteiger partial charge on any atom is -0.433 e. The highest BCUT2D eigenvalue weighted by Crippen LogP contribution is 2.28. The van der Waals surface area contributed by atoms with Gasteiger partial charge in [0.15, 0.2) is 0 Å². The van der Waals surface area contributed by atoms with E-state index in [2.05, 4.69) is 20.7 Å². The third-order valence-corrected chi connectivity index (χ3v) is 4.11. The topological polar surface area (TPSA) is 95.4 Å². The summed E-state index contributed by atoms with van der Waals surface area (Å²) in [5.74, 6) is -1.01. The number of ether oxygens (including phenoxy) is 2. The maximum Gasteiger partial charge on any atom is 0.387 e. The van der Waals surface area contributed by atoms with Gasteiger partial charge in [-0.05, 0) is 35.9 Å². The normalized spacial score (nSPS) is 16.2. The van der Waals surface area contributed by atoms with E-state index in [0.29, 0.717) is 18.7 Å². The number of rotatable bonds is 5. The van der Waals surface area contributed by atoms with Crippen LogP contribution in [0.2, 0.25) is 0 Å². The van der Waals surface area contributed by atoms with Crippen molar-refractivity contribution in [1.29, 1.82) is 5.26 Å². The summed E-state index contributed by atoms with van der Waals surface area (Å²) < 4.78 is 49.3. The van der Waals surface area contributed by atoms with Gasteiger partial charge in [-0.15, -0.1) is 0 Å². The second-order valence-electron chi connectivity index (χ2n) is 6.08. The standard InChI is InChI=1S/C19H17F3N4O3/c20-13-8-12(17-10-24-5-6-28-17)2-3-14(13)25-19(27)26-15-7-11(9-23)1-4-16(15)29-18(21)22/h1-4,7-8,17-18,24H,5-6,10H2,(H2,25,26,27)/t17-/m1/s1. The van der Waals surface area contributed by atoms with Crippen molar-refractivity contribution in [2.75, 3.05) is 30.3 Å². The summed E-state index contributed by atoms with van der Waals surface area (Å²) in [7, 11) is 0. The van der Waals surface area contributed by atoms with Gasteiger partial charge in [-0.1, -0.05) is 6.07 Å². The van der Waals surface area contributed by atoms with Gasteiger partial charge < -0.3 is 25.4 Å². The molecule has 10 heteroatoms. The Bertz CT molecular complexity index is 927. The molecule has 2 amide bonds. The molecule has 3 N–H and O–H groups in total. The molecule has 3 rings (SSSR count). The smallest absolute Gasteiger partial charge is 0.387 e. The number of hydrogen-bond donors (Lipinski definition) is 3. The number of nitrogens with one attached hydrogen (secondary N) is 3. The summed E-state index contributed by atoms with van der Waals surface area (Å²) in [5, 5.41) is 16.7. The van der Waals surface area contributed by atoms with Gasteiger partial charge >= 0.3 is 12.6 Å². The first-order valence-corrected chi connectivity index (χ1v) is 8.65. The van der Waals surface area contributed by atoms with Crippen LogP contribution in [-0.4, -0.2) is 32.3 Å². The molecule has 2 aromatic rings. The van der Waals surface area contributed by atoms with Crippen LogP contribution in [0.5, 0.6) is 5.75 Å². The van der Waals surface area contributed by atoms with Crippen LogP contribution in [0.25, 0.3) is 0 Å². The fraction of sp³-hybridized carbons (Fsp3) is 0.263. The van der Waals surface area contributed by atoms with Crippen LogP contribution in [0.3, 0.4) is 0 Å². The van der Waals surface area contributed by atoms with Crippen LogP contribution >= 0.6 is 0 Å². The van der Waals surface area contributed by atoms with E-state index in [1.54, 1.807) is 6.07 Å². The molecule has 1 aliphatic heterocycles. The molecule has 0 aromatic heterocycles. The van der Waals surface area contributed by atoms with Gasteiger partial charge in [0.25, 0.3) is 0 Å². The lowest BCUT2D eigenvalue weighted by Gasteiger charge is -2.24. The quantitative estimate of drug-likeness (QED) is 0.705. The Balaban J connectivity index is 1.71. The first-order chi connectivity index (χ1) is 14.0. The van der Waals surface area contributed by atoms with Crippen LogP contribution in [0.1, 0.15) is 17.2 Å². The van der Waals surface area contributed by atoms with E-state index in [9.17, 15) is 18.0 Å². The number of carbonyl (C=O) groups is 1. The minimum absolute atomic E-state index is 0.109. The highest BCUT2D eigenvalue weighted by Gasteiger charge is 2.18. The number of amides is 2. The monoisotopic (exact) mass is 406 g/mol. The van der Waals surface area contributed by atoms with E-state index in [1.165, 1.54) is 24.3 Å². The predicted molar refractivity (Wildman–Crippen MR) is 98.4 cm³/mol. The van der Waals surface area contributed by atoms with Crippen LogP contribution in [0.4, 0.5) is 29.3 Å². The molecule has 1 atom stereocenters. The number of nitriles is 1. The Morgan fingerprint density at radius 1 is 1.24 bits per heavy atom. The zero-order valence-electron chi connectivity index (χ0n) is 15.0. The lowest BCUT2D eigenvalue weighted by atomic mass is 10.1. The van der Waals surface area contributed by atoms with Crippen molar-refractivity contribution in [2.24, 2.45) is 0 Å². The van der Waals surface area contributed by atoms with Crippen LogP contribution in [0, 0.1) is 17.1 Å². The Morgan fingerprint density at radius 2 is 2.03 bits per heavy atom. The number of benzene rings is 2. The number of anilines is 2. The first kappa shape index (κ1) is 20.4. The largest absolute Gasteiger partial charge is 0.433 e. The molecule has 0 unspecified atom stereocenters. The SMILES string of the molecule is N#Cc1ccc(OC(F)F)c(NC(=O)Nc2ccc([C@H]3CNCCO3)cc2F)c1. The van der Waals surface area contributed by atoms with E-state index in [-0.39, 0.29) is 28.8 Å². The molecule has 7 nitrogen and oxygen atoms in total. The molecule has 0 spiro atoms. The molecule has 0 bridgehead atoms. The molecule has 0 saturated carbocycles. The lowest BCUT2D eigenvalue weighted by molar-refractivity contribution is -0.0493. The Morgan fingerprint density at radius 3 is 2.69 bits per heavy atom. The number of hydrogen-bond acceptors (Lipinski definition) is 5. The van der Waals surface area contributed by atoms with Crippen molar-refractivity contribution in [2.45, 2.75) is 12.7 Å². The average molecular weight is 406 g/mol. The van der Waals surface area contributed by atoms with Crippen molar-refractivity contribution in [3.63, 3.8) is 0 Å². The molecule has 1 aliphatic rings. The number of urea groups is 1. The summed E-state index contributed by atoms with van der Waals surface area (Å²) in [6.07, 6.45) is -0.288. The average Bonchev–Trinajstić information content (AvgIpc) is 2.71. The van der Waals surface area contributed by atoms with Crippen LogP contribution < -0.4 is 20.7 Å². The van der Waals surface area contributed by atoms with E-state index >= 15 is 0 Å². The third kappa shape index (κ3) is 5.37. The number of carbonyl (C=O) groups excluding carboxylic acids is 1. The van der Waals surface area contributed by atoms with Gasteiger partial charge in [0.2, 0.25) is 0 Å². The van der Waals surface area contributed by atoms with E-state index in [0.717, 1.165) is 12.6 Å². The number of morpholine rings is 1. The molecule has 152 valence electrons. The lowest BCUT2D eigenvalue weighted by Crippen LogP contribution is -2.33. The third-order valence-electron chi connectivity index (χ3n) is 4.11. The maximum atomic E-state index is 14.4. The minimum atomic E-state index is -3.12. The molecule has 1 saturated heterocycles. The molecule has 1 fully saturated rings. The highest BCUT2D eigenvalue weighted by atomic mass is 19.3. The van der Waals surface area contributed by atoms with Crippen molar-refractivity contribution >= 4 is 17.4 Å². The second-order valence-corrected chi connectivity index (χ2v) is 6.08. The van der Waals surface area contributed by atoms with E-state index in [4.69, 9.17) is 10.00 Å². The Labute approximate surface area is 164 Å². The van der Waals surface area contributed by atoms with Gasteiger partial charge in [0.05, 0.1) is 35.7 Å². The Kier molecular flexibility index (Phi) is 6.54. The zero-order valence-corrected chi connectivity index (χ0v) is 15.0. The predicted octanol–water partition coefficient (Wildman–Crippen LogP) is 3.60. The summed E-state index contributed by atoms with van der Waals surface area (Å²) in [5.41, 5.74) is 0.483. The van der Waals surface area contributed by atoms with E-state index < -0.39 is 18.5 Å². The summed E-state index contributed by atoms with van der Waals surface area (Å²) in [6.45, 7) is -1.33. The molecule has 1 heterocycles. The molecule has 0 aliphatic carbocycles. The van der Waals surface area contributed by atoms with E-state index in [1.807, 2.05) is 6.07 Å². The number of halogens is 3. The number of alkyl halides is 2. The first-order valence-electron chi connectivity index (χ1n) is 8.65. The van der Waals surface area contributed by atoms with Crippen molar-refractivity contribution < 1.29 is 27.4 Å². The van der Waals surface area contributed by atoms with Gasteiger partial charge in [-0.25, -0.2) is 9.18 Å². The molecular weight excluding hydrogens is 389 g/mol. The van der Waals surface area contributed by atoms with Crippen LogP contribution in [0.15, 0.2) is 36.4 Å². The molecule has 2 aromatic carbocycles. The molecule has 29 heavy (non-hydrogen) atoms. The molecule has 0 radical (unpaired) electrons. The molecular formula is C19H17F3N4O3. The summed E-state index contributed by atoms with van der Waals surface area (Å²) in [6, 6.07) is 8.77. The van der Waals surface area contributed by atoms with Gasteiger partial charge in [-0.2, -0.15) is 14.0 Å². The van der Waals surface area contributed by atoms with Crippen LogP contribution in [-0.2, 0) is 4.74 Å². The van der Waals surface area contributed by atoms with Crippen molar-refractivity contribution in [3.8, 4) is 11.8 Å². The zero-order chi connectivity index (χ0) is 20.8. The second kappa shape index (κ2) is 9.27. The summed E-state index contributed by atoms with van der Waals surface area (Å²) >= 11 is 0. The van der Waals surface area contributed by atoms with Gasteiger partial charge in [0.1, 0.15) is 11.6 Å². The summed E-state index contributed by atoms with van der Waals surface area (Å²) in [4.78, 5) is 12.2. The Hall–Kier alpha value is -3.29. The maximum absolute atomic E-state index is 14.4. The highest BCUT2D eigenvalue weighted by molar-refractivity contribution is 6.00. The number of nitrogens with zero attached hydrogens (tertiary/aromatic N) is 1. The van der Waals surface area contributed by atoms with Gasteiger partial charge in [-0.3, -0.25) is 0 Å². The van der Waals surface area contributed by atoms with Crippen molar-refractivity contribution in [3.05, 3.63) is 53.3 Å². The fourth-order valence-electron chi connectivity index (χ4n) is 2.78. The van der Waals surface area contributed by atoms with Crippen molar-refractivity contribution in [1.82, 2.24) is 5.32 Å². The van der Waals surface area contributed by atoms with Gasteiger partial charge in [0, 0.05) is 13.1 Å². The fourth-order valence-corrected chi connectivity index (χ4v) is 2.78.